The van der Waals surface area contributed by atoms with Gasteiger partial charge in [-0.25, -0.2) is 0 Å². The van der Waals surface area contributed by atoms with Gasteiger partial charge in [-0.2, -0.15) is 0 Å². The summed E-state index contributed by atoms with van der Waals surface area (Å²) < 4.78 is 0. The van der Waals surface area contributed by atoms with Gasteiger partial charge >= 0.3 is 0 Å². The monoisotopic (exact) mass is 258 g/mol. The number of benzene rings is 1. The van der Waals surface area contributed by atoms with Crippen LogP contribution in [0, 0.1) is 11.3 Å². The highest BCUT2D eigenvalue weighted by Gasteiger charge is 2.50. The Kier molecular flexibility index (Phi) is 3.09. The quantitative estimate of drug-likeness (QED) is 0.852. The van der Waals surface area contributed by atoms with Gasteiger partial charge in [0.15, 0.2) is 0 Å². The van der Waals surface area contributed by atoms with Crippen LogP contribution in [-0.4, -0.2) is 11.9 Å². The zero-order valence-electron chi connectivity index (χ0n) is 11.7. The van der Waals surface area contributed by atoms with Crippen molar-refractivity contribution in [2.45, 2.75) is 45.7 Å². The van der Waals surface area contributed by atoms with Crippen molar-refractivity contribution in [3.63, 3.8) is 0 Å². The molecule has 0 aromatic heterocycles. The molecule has 2 fully saturated rings. The van der Waals surface area contributed by atoms with Crippen LogP contribution in [0.2, 0.25) is 0 Å². The molecule has 2 saturated carbocycles. The number of amides is 1. The normalized spacial score (nSPS) is 24.0. The minimum absolute atomic E-state index is 0.164. The van der Waals surface area contributed by atoms with Crippen molar-refractivity contribution >= 4 is 11.6 Å². The predicted octanol–water partition coefficient (Wildman–Crippen LogP) is 2.92. The van der Waals surface area contributed by atoms with E-state index in [1.807, 2.05) is 12.1 Å². The molecule has 19 heavy (non-hydrogen) atoms. The van der Waals surface area contributed by atoms with Crippen LogP contribution in [0.3, 0.4) is 0 Å². The van der Waals surface area contributed by atoms with Crippen LogP contribution in [-0.2, 0) is 11.3 Å². The van der Waals surface area contributed by atoms with Gasteiger partial charge < -0.3 is 10.6 Å². The topological polar surface area (TPSA) is 41.1 Å². The third-order valence-corrected chi connectivity index (χ3v) is 4.20. The molecule has 1 aromatic carbocycles. The largest absolute Gasteiger partial charge is 0.326 e. The lowest BCUT2D eigenvalue weighted by atomic mass is 10.1. The highest BCUT2D eigenvalue weighted by molar-refractivity contribution is 5.95. The van der Waals surface area contributed by atoms with E-state index in [0.717, 1.165) is 18.7 Å². The Morgan fingerprint density at radius 2 is 2.11 bits per heavy atom. The number of anilines is 1. The zero-order valence-corrected chi connectivity index (χ0v) is 11.7. The first-order valence-electron chi connectivity index (χ1n) is 7.18. The van der Waals surface area contributed by atoms with E-state index in [1.54, 1.807) is 0 Å². The van der Waals surface area contributed by atoms with Gasteiger partial charge in [-0.05, 0) is 42.4 Å². The molecular weight excluding hydrogens is 236 g/mol. The van der Waals surface area contributed by atoms with Crippen LogP contribution in [0.25, 0.3) is 0 Å². The molecule has 3 rings (SSSR count). The first-order valence-corrected chi connectivity index (χ1v) is 7.18. The van der Waals surface area contributed by atoms with Crippen molar-refractivity contribution < 1.29 is 4.79 Å². The van der Waals surface area contributed by atoms with E-state index < -0.39 is 0 Å². The third kappa shape index (κ3) is 3.16. The molecule has 1 aromatic rings. The van der Waals surface area contributed by atoms with E-state index in [9.17, 15) is 4.79 Å². The van der Waals surface area contributed by atoms with Crippen LogP contribution in [0.5, 0.6) is 0 Å². The van der Waals surface area contributed by atoms with Crippen LogP contribution >= 0.6 is 0 Å². The molecule has 0 radical (unpaired) electrons. The summed E-state index contributed by atoms with van der Waals surface area (Å²) in [5.74, 6) is 0.345. The molecule has 1 amide bonds. The van der Waals surface area contributed by atoms with E-state index >= 15 is 0 Å². The van der Waals surface area contributed by atoms with Gasteiger partial charge in [0.2, 0.25) is 5.91 Å². The Hall–Kier alpha value is -1.35. The standard InChI is InChI=1S/C16H22N2O/c1-16(2)9-14(16)15(19)18-13-5-3-4-11(8-13)10-17-12-6-7-12/h3-5,8,12,14,17H,6-7,9-10H2,1-2H3,(H,18,19). The summed E-state index contributed by atoms with van der Waals surface area (Å²) in [6.07, 6.45) is 3.60. The van der Waals surface area contributed by atoms with Gasteiger partial charge in [-0.3, -0.25) is 4.79 Å². The summed E-state index contributed by atoms with van der Waals surface area (Å²) in [4.78, 5) is 12.1. The Morgan fingerprint density at radius 3 is 2.74 bits per heavy atom. The number of carbonyl (C=O) groups is 1. The van der Waals surface area contributed by atoms with Gasteiger partial charge in [0.05, 0.1) is 0 Å². The summed E-state index contributed by atoms with van der Waals surface area (Å²) in [7, 11) is 0. The molecule has 2 aliphatic carbocycles. The molecule has 0 bridgehead atoms. The molecule has 102 valence electrons. The molecule has 1 atom stereocenters. The highest BCUT2D eigenvalue weighted by atomic mass is 16.2. The van der Waals surface area contributed by atoms with E-state index in [1.165, 1.54) is 18.4 Å². The van der Waals surface area contributed by atoms with Crippen molar-refractivity contribution in [1.29, 1.82) is 0 Å². The lowest BCUT2D eigenvalue weighted by Crippen LogP contribution is -2.17. The second-order valence-corrected chi connectivity index (χ2v) is 6.59. The lowest BCUT2D eigenvalue weighted by molar-refractivity contribution is -0.117. The van der Waals surface area contributed by atoms with Gasteiger partial charge in [0.25, 0.3) is 0 Å². The van der Waals surface area contributed by atoms with Crippen LogP contribution in [0.1, 0.15) is 38.7 Å². The minimum Gasteiger partial charge on any atom is -0.326 e. The summed E-state index contributed by atoms with van der Waals surface area (Å²) in [6, 6.07) is 8.87. The number of carbonyl (C=O) groups excluding carboxylic acids is 1. The fraction of sp³-hybridized carbons (Fsp3) is 0.562. The SMILES string of the molecule is CC1(C)CC1C(=O)Nc1cccc(CNC2CC2)c1. The van der Waals surface area contributed by atoms with E-state index in [-0.39, 0.29) is 17.2 Å². The molecule has 0 spiro atoms. The first-order chi connectivity index (χ1) is 9.04. The Bertz CT molecular complexity index is 491. The van der Waals surface area contributed by atoms with Crippen molar-refractivity contribution in [2.75, 3.05) is 5.32 Å². The van der Waals surface area contributed by atoms with E-state index in [4.69, 9.17) is 0 Å². The van der Waals surface area contributed by atoms with E-state index in [0.29, 0.717) is 6.04 Å². The second-order valence-electron chi connectivity index (χ2n) is 6.59. The van der Waals surface area contributed by atoms with Crippen molar-refractivity contribution in [1.82, 2.24) is 5.32 Å². The average Bonchev–Trinajstić information content (AvgIpc) is 3.25. The van der Waals surface area contributed by atoms with Crippen molar-refractivity contribution in [2.24, 2.45) is 11.3 Å². The summed E-state index contributed by atoms with van der Waals surface area (Å²) in [5, 5.41) is 6.53. The number of rotatable bonds is 5. The molecule has 0 saturated heterocycles. The van der Waals surface area contributed by atoms with Gasteiger partial charge in [-0.1, -0.05) is 26.0 Å². The number of hydrogen-bond donors (Lipinski definition) is 2. The summed E-state index contributed by atoms with van der Waals surface area (Å²) in [5.41, 5.74) is 2.34. The van der Waals surface area contributed by atoms with Crippen LogP contribution in [0.15, 0.2) is 24.3 Å². The maximum atomic E-state index is 12.1. The molecule has 0 heterocycles. The van der Waals surface area contributed by atoms with Crippen molar-refractivity contribution in [3.8, 4) is 0 Å². The molecule has 2 N–H and O–H groups in total. The number of nitrogens with one attached hydrogen (secondary N) is 2. The lowest BCUT2D eigenvalue weighted by Gasteiger charge is -2.09. The van der Waals surface area contributed by atoms with Gasteiger partial charge in [-0.15, -0.1) is 0 Å². The average molecular weight is 258 g/mol. The Balaban J connectivity index is 1.57. The second kappa shape index (κ2) is 4.64. The van der Waals surface area contributed by atoms with Crippen LogP contribution in [0.4, 0.5) is 5.69 Å². The van der Waals surface area contributed by atoms with Crippen molar-refractivity contribution in [3.05, 3.63) is 29.8 Å². The summed E-state index contributed by atoms with van der Waals surface area (Å²) in [6.45, 7) is 5.18. The van der Waals surface area contributed by atoms with E-state index in [2.05, 4.69) is 36.6 Å². The maximum Gasteiger partial charge on any atom is 0.228 e. The first kappa shape index (κ1) is 12.7. The third-order valence-electron chi connectivity index (χ3n) is 4.20. The highest BCUT2D eigenvalue weighted by Crippen LogP contribution is 2.51. The minimum atomic E-state index is 0.164. The summed E-state index contributed by atoms with van der Waals surface area (Å²) >= 11 is 0. The molecule has 3 heteroatoms. The molecule has 2 aliphatic rings. The van der Waals surface area contributed by atoms with Gasteiger partial charge in [0, 0.05) is 24.2 Å². The Morgan fingerprint density at radius 1 is 1.37 bits per heavy atom. The maximum absolute atomic E-state index is 12.1. The molecule has 3 nitrogen and oxygen atoms in total. The zero-order chi connectivity index (χ0) is 13.5. The predicted molar refractivity (Wildman–Crippen MR) is 76.8 cm³/mol. The van der Waals surface area contributed by atoms with Crippen LogP contribution < -0.4 is 10.6 Å². The Labute approximate surface area is 114 Å². The van der Waals surface area contributed by atoms with Gasteiger partial charge in [0.1, 0.15) is 0 Å². The molecule has 0 aliphatic heterocycles. The number of hydrogen-bond acceptors (Lipinski definition) is 2. The molecular formula is C16H22N2O. The fourth-order valence-corrected chi connectivity index (χ4v) is 2.45. The molecule has 1 unspecified atom stereocenters. The smallest absolute Gasteiger partial charge is 0.228 e. The fourth-order valence-electron chi connectivity index (χ4n) is 2.45.